The SMILES string of the molecule is NC(c1cc[nH]c1)C1CCC(O)CC1. The van der Waals surface area contributed by atoms with Crippen LogP contribution in [0.3, 0.4) is 0 Å². The van der Waals surface area contributed by atoms with Gasteiger partial charge in [-0.15, -0.1) is 0 Å². The Morgan fingerprint density at radius 3 is 2.64 bits per heavy atom. The Hall–Kier alpha value is -0.800. The van der Waals surface area contributed by atoms with E-state index in [1.807, 2.05) is 18.5 Å². The molecule has 14 heavy (non-hydrogen) atoms. The van der Waals surface area contributed by atoms with Crippen LogP contribution in [0.4, 0.5) is 0 Å². The number of rotatable bonds is 2. The Bertz CT molecular complexity index is 263. The lowest BCUT2D eigenvalue weighted by molar-refractivity contribution is 0.102. The Balaban J connectivity index is 1.95. The second-order valence-electron chi connectivity index (χ2n) is 4.24. The minimum Gasteiger partial charge on any atom is -0.393 e. The van der Waals surface area contributed by atoms with Gasteiger partial charge in [0.05, 0.1) is 6.10 Å². The van der Waals surface area contributed by atoms with Gasteiger partial charge in [0.2, 0.25) is 0 Å². The molecule has 0 radical (unpaired) electrons. The third kappa shape index (κ3) is 1.99. The molecule has 3 nitrogen and oxygen atoms in total. The second kappa shape index (κ2) is 4.15. The van der Waals surface area contributed by atoms with Crippen molar-refractivity contribution in [3.63, 3.8) is 0 Å². The van der Waals surface area contributed by atoms with Crippen molar-refractivity contribution >= 4 is 0 Å². The van der Waals surface area contributed by atoms with E-state index in [0.29, 0.717) is 5.92 Å². The van der Waals surface area contributed by atoms with Gasteiger partial charge in [0.1, 0.15) is 0 Å². The molecular weight excluding hydrogens is 176 g/mol. The zero-order valence-corrected chi connectivity index (χ0v) is 8.32. The zero-order valence-electron chi connectivity index (χ0n) is 8.32. The molecule has 1 heterocycles. The molecule has 1 saturated carbocycles. The summed E-state index contributed by atoms with van der Waals surface area (Å²) in [5.74, 6) is 0.536. The fraction of sp³-hybridized carbons (Fsp3) is 0.636. The van der Waals surface area contributed by atoms with E-state index in [-0.39, 0.29) is 12.1 Å². The summed E-state index contributed by atoms with van der Waals surface area (Å²) < 4.78 is 0. The van der Waals surface area contributed by atoms with Gasteiger partial charge in [-0.25, -0.2) is 0 Å². The predicted molar refractivity (Wildman–Crippen MR) is 55.7 cm³/mol. The number of aliphatic hydroxyl groups is 1. The van der Waals surface area contributed by atoms with Crippen LogP contribution in [0.2, 0.25) is 0 Å². The molecule has 1 aliphatic rings. The summed E-state index contributed by atoms with van der Waals surface area (Å²) in [6.45, 7) is 0. The summed E-state index contributed by atoms with van der Waals surface area (Å²) in [6.07, 6.45) is 7.69. The quantitative estimate of drug-likeness (QED) is 0.669. The number of hydrogen-bond acceptors (Lipinski definition) is 2. The zero-order chi connectivity index (χ0) is 9.97. The minimum absolute atomic E-state index is 0.0929. The Morgan fingerprint density at radius 1 is 1.36 bits per heavy atom. The Kier molecular flexibility index (Phi) is 2.89. The highest BCUT2D eigenvalue weighted by molar-refractivity contribution is 5.14. The van der Waals surface area contributed by atoms with Gasteiger partial charge in [0, 0.05) is 18.4 Å². The van der Waals surface area contributed by atoms with E-state index in [2.05, 4.69) is 4.98 Å². The van der Waals surface area contributed by atoms with E-state index >= 15 is 0 Å². The Morgan fingerprint density at radius 2 is 2.07 bits per heavy atom. The number of aliphatic hydroxyl groups excluding tert-OH is 1. The topological polar surface area (TPSA) is 62.0 Å². The van der Waals surface area contributed by atoms with Gasteiger partial charge in [0.15, 0.2) is 0 Å². The van der Waals surface area contributed by atoms with Crippen LogP contribution in [0.15, 0.2) is 18.5 Å². The van der Waals surface area contributed by atoms with Crippen LogP contribution in [-0.2, 0) is 0 Å². The van der Waals surface area contributed by atoms with E-state index in [4.69, 9.17) is 5.73 Å². The van der Waals surface area contributed by atoms with Gasteiger partial charge < -0.3 is 15.8 Å². The molecule has 2 rings (SSSR count). The highest BCUT2D eigenvalue weighted by Gasteiger charge is 2.25. The first-order valence-corrected chi connectivity index (χ1v) is 5.33. The fourth-order valence-electron chi connectivity index (χ4n) is 2.28. The summed E-state index contributed by atoms with van der Waals surface area (Å²) in [4.78, 5) is 3.03. The van der Waals surface area contributed by atoms with Crippen molar-refractivity contribution in [3.8, 4) is 0 Å². The summed E-state index contributed by atoms with van der Waals surface area (Å²) in [5.41, 5.74) is 7.34. The highest BCUT2D eigenvalue weighted by Crippen LogP contribution is 2.32. The van der Waals surface area contributed by atoms with Gasteiger partial charge in [-0.1, -0.05) is 0 Å². The van der Waals surface area contributed by atoms with Crippen molar-refractivity contribution in [2.75, 3.05) is 0 Å². The summed E-state index contributed by atoms with van der Waals surface area (Å²) >= 11 is 0. The van der Waals surface area contributed by atoms with Crippen LogP contribution >= 0.6 is 0 Å². The van der Waals surface area contributed by atoms with Gasteiger partial charge in [-0.05, 0) is 43.2 Å². The number of hydrogen-bond donors (Lipinski definition) is 3. The average Bonchev–Trinajstić information content (AvgIpc) is 2.71. The normalized spacial score (nSPS) is 30.1. The molecule has 0 saturated heterocycles. The molecule has 4 N–H and O–H groups in total. The second-order valence-corrected chi connectivity index (χ2v) is 4.24. The van der Waals surface area contributed by atoms with Crippen molar-refractivity contribution in [3.05, 3.63) is 24.0 Å². The Labute approximate surface area is 84.3 Å². The summed E-state index contributed by atoms with van der Waals surface area (Å²) in [7, 11) is 0. The lowest BCUT2D eigenvalue weighted by atomic mass is 9.81. The standard InChI is InChI=1S/C11H18N2O/c12-11(9-5-6-13-7-9)8-1-3-10(14)4-2-8/h5-8,10-11,13-14H,1-4,12H2. The first kappa shape index (κ1) is 9.74. The smallest absolute Gasteiger partial charge is 0.0540 e. The van der Waals surface area contributed by atoms with Crippen LogP contribution in [0.25, 0.3) is 0 Å². The van der Waals surface area contributed by atoms with E-state index in [1.54, 1.807) is 0 Å². The van der Waals surface area contributed by atoms with Gasteiger partial charge in [-0.2, -0.15) is 0 Å². The number of aromatic nitrogens is 1. The molecule has 0 spiro atoms. The molecule has 1 aromatic heterocycles. The molecule has 78 valence electrons. The fourth-order valence-corrected chi connectivity index (χ4v) is 2.28. The number of nitrogens with one attached hydrogen (secondary N) is 1. The lowest BCUT2D eigenvalue weighted by Gasteiger charge is -2.29. The molecular formula is C11H18N2O. The lowest BCUT2D eigenvalue weighted by Crippen LogP contribution is -2.27. The molecule has 1 fully saturated rings. The largest absolute Gasteiger partial charge is 0.393 e. The number of H-pyrrole nitrogens is 1. The van der Waals surface area contributed by atoms with Crippen LogP contribution in [0.5, 0.6) is 0 Å². The maximum atomic E-state index is 9.39. The maximum absolute atomic E-state index is 9.39. The van der Waals surface area contributed by atoms with Crippen molar-refractivity contribution in [1.82, 2.24) is 4.98 Å². The van der Waals surface area contributed by atoms with Crippen molar-refractivity contribution in [1.29, 1.82) is 0 Å². The molecule has 1 aliphatic carbocycles. The van der Waals surface area contributed by atoms with Crippen LogP contribution in [0, 0.1) is 5.92 Å². The van der Waals surface area contributed by atoms with Gasteiger partial charge in [-0.3, -0.25) is 0 Å². The van der Waals surface area contributed by atoms with Gasteiger partial charge >= 0.3 is 0 Å². The summed E-state index contributed by atoms with van der Waals surface area (Å²) in [6, 6.07) is 2.17. The van der Waals surface area contributed by atoms with Crippen LogP contribution < -0.4 is 5.73 Å². The number of aromatic amines is 1. The predicted octanol–water partition coefficient (Wildman–Crippen LogP) is 1.57. The highest BCUT2D eigenvalue weighted by atomic mass is 16.3. The van der Waals surface area contributed by atoms with Crippen LogP contribution in [0.1, 0.15) is 37.3 Å². The van der Waals surface area contributed by atoms with Crippen LogP contribution in [-0.4, -0.2) is 16.2 Å². The van der Waals surface area contributed by atoms with Crippen molar-refractivity contribution < 1.29 is 5.11 Å². The summed E-state index contributed by atoms with van der Waals surface area (Å²) in [5, 5.41) is 9.39. The third-order valence-corrected chi connectivity index (χ3v) is 3.26. The first-order chi connectivity index (χ1) is 6.77. The van der Waals surface area contributed by atoms with E-state index in [9.17, 15) is 5.11 Å². The van der Waals surface area contributed by atoms with E-state index in [1.165, 1.54) is 5.56 Å². The van der Waals surface area contributed by atoms with Crippen molar-refractivity contribution in [2.24, 2.45) is 11.7 Å². The third-order valence-electron chi connectivity index (χ3n) is 3.26. The van der Waals surface area contributed by atoms with Crippen molar-refractivity contribution in [2.45, 2.75) is 37.8 Å². The number of nitrogens with two attached hydrogens (primary N) is 1. The minimum atomic E-state index is -0.0929. The average molecular weight is 194 g/mol. The molecule has 0 aliphatic heterocycles. The molecule has 3 heteroatoms. The molecule has 1 unspecified atom stereocenters. The molecule has 0 amide bonds. The first-order valence-electron chi connectivity index (χ1n) is 5.33. The van der Waals surface area contributed by atoms with Gasteiger partial charge in [0.25, 0.3) is 0 Å². The molecule has 0 bridgehead atoms. The van der Waals surface area contributed by atoms with E-state index in [0.717, 1.165) is 25.7 Å². The molecule has 0 aromatic carbocycles. The van der Waals surface area contributed by atoms with E-state index < -0.39 is 0 Å². The monoisotopic (exact) mass is 194 g/mol. The molecule has 1 atom stereocenters. The molecule has 1 aromatic rings. The maximum Gasteiger partial charge on any atom is 0.0540 e.